The molecule has 3 aromatic rings. The molecule has 1 amide bonds. The van der Waals surface area contributed by atoms with Crippen molar-refractivity contribution in [1.82, 2.24) is 4.90 Å². The maximum Gasteiger partial charge on any atom is 0.295 e. The Morgan fingerprint density at radius 2 is 1.46 bits per heavy atom. The van der Waals surface area contributed by atoms with Crippen molar-refractivity contribution in [2.45, 2.75) is 59.0 Å². The third-order valence-electron chi connectivity index (χ3n) is 6.86. The number of rotatable bonds is 7. The van der Waals surface area contributed by atoms with E-state index in [1.54, 1.807) is 17.0 Å². The highest BCUT2D eigenvalue weighted by Crippen LogP contribution is 2.41. The highest BCUT2D eigenvalue weighted by atomic mass is 16.5. The van der Waals surface area contributed by atoms with Crippen molar-refractivity contribution in [2.75, 3.05) is 6.61 Å². The molecule has 0 aromatic heterocycles. The summed E-state index contributed by atoms with van der Waals surface area (Å²) in [4.78, 5) is 28.3. The quantitative estimate of drug-likeness (QED) is 0.228. The van der Waals surface area contributed by atoms with Gasteiger partial charge in [-0.15, -0.1) is 0 Å². The van der Waals surface area contributed by atoms with Gasteiger partial charge in [0.25, 0.3) is 11.7 Å². The summed E-state index contributed by atoms with van der Waals surface area (Å²) in [6.07, 6.45) is 0.869. The van der Waals surface area contributed by atoms with Crippen molar-refractivity contribution < 1.29 is 19.4 Å². The van der Waals surface area contributed by atoms with Gasteiger partial charge in [-0.2, -0.15) is 0 Å². The Kier molecular flexibility index (Phi) is 7.53. The second-order valence-electron chi connectivity index (χ2n) is 10.4. The third kappa shape index (κ3) is 5.46. The summed E-state index contributed by atoms with van der Waals surface area (Å²) in [7, 11) is 0. The average molecular weight is 498 g/mol. The first-order valence-electron chi connectivity index (χ1n) is 12.8. The molecule has 0 bridgehead atoms. The zero-order valence-electron chi connectivity index (χ0n) is 22.2. The number of benzene rings is 3. The van der Waals surface area contributed by atoms with Gasteiger partial charge in [0.2, 0.25) is 0 Å². The van der Waals surface area contributed by atoms with Gasteiger partial charge in [-0.25, -0.2) is 0 Å². The van der Waals surface area contributed by atoms with Crippen molar-refractivity contribution in [1.29, 1.82) is 0 Å². The van der Waals surface area contributed by atoms with Crippen LogP contribution in [0.25, 0.3) is 5.76 Å². The van der Waals surface area contributed by atoms with Gasteiger partial charge in [-0.1, -0.05) is 88.4 Å². The Labute approximate surface area is 219 Å². The van der Waals surface area contributed by atoms with E-state index in [9.17, 15) is 14.7 Å². The largest absolute Gasteiger partial charge is 0.507 e. The second-order valence-corrected chi connectivity index (χ2v) is 10.4. The molecule has 1 heterocycles. The first-order valence-corrected chi connectivity index (χ1v) is 12.8. The molecule has 1 fully saturated rings. The fourth-order valence-electron chi connectivity index (χ4n) is 4.66. The predicted octanol–water partition coefficient (Wildman–Crippen LogP) is 6.57. The van der Waals surface area contributed by atoms with E-state index in [0.717, 1.165) is 34.4 Å². The van der Waals surface area contributed by atoms with E-state index >= 15 is 0 Å². The monoisotopic (exact) mass is 497 g/mol. The fraction of sp³-hybridized carbons (Fsp3) is 0.312. The number of carbonyl (C=O) groups is 2. The lowest BCUT2D eigenvalue weighted by atomic mass is 9.85. The minimum atomic E-state index is -0.702. The molecule has 5 nitrogen and oxygen atoms in total. The molecule has 37 heavy (non-hydrogen) atoms. The number of carbonyl (C=O) groups excluding carboxylic acids is 2. The fourth-order valence-corrected chi connectivity index (χ4v) is 4.66. The van der Waals surface area contributed by atoms with Crippen LogP contribution in [-0.2, 0) is 28.0 Å². The smallest absolute Gasteiger partial charge is 0.295 e. The third-order valence-corrected chi connectivity index (χ3v) is 6.86. The van der Waals surface area contributed by atoms with Crippen LogP contribution in [0.3, 0.4) is 0 Å². The first kappa shape index (κ1) is 26.2. The molecular weight excluding hydrogens is 462 g/mol. The zero-order chi connectivity index (χ0) is 26.7. The molecule has 192 valence electrons. The summed E-state index contributed by atoms with van der Waals surface area (Å²) in [5.41, 5.74) is 4.52. The zero-order valence-corrected chi connectivity index (χ0v) is 22.2. The summed E-state index contributed by atoms with van der Waals surface area (Å²) in [6.45, 7) is 11.2. The van der Waals surface area contributed by atoms with Crippen LogP contribution in [0.15, 0.2) is 78.4 Å². The Morgan fingerprint density at radius 3 is 2.00 bits per heavy atom. The van der Waals surface area contributed by atoms with Crippen LogP contribution in [0.1, 0.15) is 68.5 Å². The minimum Gasteiger partial charge on any atom is -0.507 e. The van der Waals surface area contributed by atoms with Crippen LogP contribution < -0.4 is 4.74 Å². The molecule has 0 radical (unpaired) electrons. The molecule has 1 N–H and O–H groups in total. The number of Topliss-reactive ketones (excluding diaryl/α,β-unsaturated/α-hetero) is 1. The summed E-state index contributed by atoms with van der Waals surface area (Å²) in [6, 6.07) is 22.2. The highest BCUT2D eigenvalue weighted by Gasteiger charge is 2.46. The van der Waals surface area contributed by atoms with Gasteiger partial charge in [0, 0.05) is 12.1 Å². The van der Waals surface area contributed by atoms with Gasteiger partial charge in [0.1, 0.15) is 11.5 Å². The lowest BCUT2D eigenvalue weighted by Gasteiger charge is -2.26. The van der Waals surface area contributed by atoms with Crippen LogP contribution in [-0.4, -0.2) is 28.3 Å². The molecule has 5 heteroatoms. The van der Waals surface area contributed by atoms with Gasteiger partial charge >= 0.3 is 0 Å². The summed E-state index contributed by atoms with van der Waals surface area (Å²) in [5, 5.41) is 11.3. The number of aliphatic hydroxyl groups is 1. The molecule has 1 aliphatic rings. The number of hydrogen-bond acceptors (Lipinski definition) is 4. The van der Waals surface area contributed by atoms with E-state index < -0.39 is 17.7 Å². The molecule has 3 aromatic carbocycles. The Balaban J connectivity index is 1.80. The Bertz CT molecular complexity index is 1300. The van der Waals surface area contributed by atoms with Crippen molar-refractivity contribution in [3.8, 4) is 5.75 Å². The van der Waals surface area contributed by atoms with E-state index in [0.29, 0.717) is 12.2 Å². The van der Waals surface area contributed by atoms with E-state index in [-0.39, 0.29) is 23.3 Å². The second kappa shape index (κ2) is 10.6. The van der Waals surface area contributed by atoms with Gasteiger partial charge in [0.15, 0.2) is 0 Å². The van der Waals surface area contributed by atoms with Crippen LogP contribution in [0.4, 0.5) is 0 Å². The Morgan fingerprint density at radius 1 is 0.865 bits per heavy atom. The van der Waals surface area contributed by atoms with Crippen molar-refractivity contribution >= 4 is 17.4 Å². The van der Waals surface area contributed by atoms with Gasteiger partial charge in [0.05, 0.1) is 18.2 Å². The van der Waals surface area contributed by atoms with Gasteiger partial charge in [-0.3, -0.25) is 9.59 Å². The van der Waals surface area contributed by atoms with Gasteiger partial charge < -0.3 is 14.7 Å². The number of nitrogens with zero attached hydrogens (tertiary/aromatic N) is 1. The lowest BCUT2D eigenvalue weighted by molar-refractivity contribution is -0.140. The van der Waals surface area contributed by atoms with Crippen LogP contribution in [0, 0.1) is 0 Å². The molecule has 1 aliphatic heterocycles. The molecule has 4 rings (SSSR count). The number of ether oxygens (including phenoxy) is 1. The first-order chi connectivity index (χ1) is 17.6. The maximum absolute atomic E-state index is 13.4. The van der Waals surface area contributed by atoms with Crippen molar-refractivity contribution in [2.24, 2.45) is 0 Å². The number of aliphatic hydroxyl groups excluding tert-OH is 1. The molecule has 1 atom stereocenters. The SMILES string of the molecule is CCOc1ccc(CN2C(=O)C(=O)/C(=C(\O)c3ccc(CC)cc3)C2c2ccc(C(C)(C)C)cc2)cc1. The summed E-state index contributed by atoms with van der Waals surface area (Å²) in [5.74, 6) is -0.698. The van der Waals surface area contributed by atoms with Crippen LogP contribution in [0.5, 0.6) is 5.75 Å². The van der Waals surface area contributed by atoms with Crippen LogP contribution >= 0.6 is 0 Å². The average Bonchev–Trinajstić information content (AvgIpc) is 3.14. The number of aryl methyl sites for hydroxylation is 1. The van der Waals surface area contributed by atoms with Crippen molar-refractivity contribution in [3.63, 3.8) is 0 Å². The number of amides is 1. The maximum atomic E-state index is 13.4. The Hall–Kier alpha value is -3.86. The van der Waals surface area contributed by atoms with Crippen LogP contribution in [0.2, 0.25) is 0 Å². The number of ketones is 1. The summed E-state index contributed by atoms with van der Waals surface area (Å²) >= 11 is 0. The molecule has 0 aliphatic carbocycles. The van der Waals surface area contributed by atoms with Gasteiger partial charge in [-0.05, 0) is 53.1 Å². The molecule has 0 spiro atoms. The minimum absolute atomic E-state index is 0.0380. The molecule has 1 saturated heterocycles. The van der Waals surface area contributed by atoms with Crippen molar-refractivity contribution in [3.05, 3.63) is 106 Å². The summed E-state index contributed by atoms with van der Waals surface area (Å²) < 4.78 is 5.54. The topological polar surface area (TPSA) is 66.8 Å². The standard InChI is InChI=1S/C32H35NO4/c1-6-21-8-12-24(13-9-21)29(34)27-28(23-14-16-25(17-15-23)32(3,4)5)33(31(36)30(27)35)20-22-10-18-26(19-11-22)37-7-2/h8-19,28,34H,6-7,20H2,1-5H3/b29-27-. The molecule has 1 unspecified atom stereocenters. The lowest BCUT2D eigenvalue weighted by Crippen LogP contribution is -2.29. The number of hydrogen-bond donors (Lipinski definition) is 1. The van der Waals surface area contributed by atoms with E-state index in [1.165, 1.54) is 0 Å². The van der Waals surface area contributed by atoms with E-state index in [2.05, 4.69) is 27.7 Å². The molecule has 0 saturated carbocycles. The normalized spacial score (nSPS) is 17.3. The predicted molar refractivity (Wildman–Crippen MR) is 146 cm³/mol. The van der Waals surface area contributed by atoms with E-state index in [1.807, 2.05) is 67.6 Å². The highest BCUT2D eigenvalue weighted by molar-refractivity contribution is 6.46. The number of likely N-dealkylation sites (tertiary alicyclic amines) is 1. The van der Waals surface area contributed by atoms with E-state index in [4.69, 9.17) is 4.74 Å². The molecular formula is C32H35NO4.